The van der Waals surface area contributed by atoms with E-state index >= 15 is 0 Å². The third-order valence-corrected chi connectivity index (χ3v) is 2.80. The third kappa shape index (κ3) is 1.87. The van der Waals surface area contributed by atoms with Gasteiger partial charge in [0.05, 0.1) is 17.2 Å². The van der Waals surface area contributed by atoms with Crippen molar-refractivity contribution in [1.82, 2.24) is 19.9 Å². The third-order valence-electron chi connectivity index (χ3n) is 2.80. The van der Waals surface area contributed by atoms with E-state index in [-0.39, 0.29) is 11.4 Å². The zero-order valence-corrected chi connectivity index (χ0v) is 10.2. The van der Waals surface area contributed by atoms with Gasteiger partial charge in [-0.25, -0.2) is 15.0 Å². The van der Waals surface area contributed by atoms with E-state index in [1.165, 1.54) is 6.20 Å². The molecule has 1 aromatic carbocycles. The summed E-state index contributed by atoms with van der Waals surface area (Å²) >= 11 is 0. The van der Waals surface area contributed by atoms with Crippen molar-refractivity contribution < 1.29 is 0 Å². The van der Waals surface area contributed by atoms with Crippen LogP contribution in [0.3, 0.4) is 0 Å². The van der Waals surface area contributed by atoms with Crippen LogP contribution in [-0.4, -0.2) is 19.9 Å². The highest BCUT2D eigenvalue weighted by Crippen LogP contribution is 2.21. The molecule has 3 N–H and O–H groups in total. The van der Waals surface area contributed by atoms with Gasteiger partial charge in [0.25, 0.3) is 0 Å². The topological polar surface area (TPSA) is 104 Å². The first-order valence-corrected chi connectivity index (χ1v) is 5.67. The summed E-state index contributed by atoms with van der Waals surface area (Å²) in [5.41, 5.74) is 8.61. The lowest BCUT2D eigenvalue weighted by Crippen LogP contribution is -1.98. The molecule has 6 heteroatoms. The van der Waals surface area contributed by atoms with Crippen LogP contribution in [0.2, 0.25) is 0 Å². The van der Waals surface area contributed by atoms with E-state index in [1.54, 1.807) is 0 Å². The van der Waals surface area contributed by atoms with Crippen LogP contribution in [0.4, 0.5) is 5.82 Å². The van der Waals surface area contributed by atoms with Crippen LogP contribution in [0.15, 0.2) is 24.4 Å². The number of hydrogen-bond acceptors (Lipinski definition) is 5. The summed E-state index contributed by atoms with van der Waals surface area (Å²) in [4.78, 5) is 15.8. The number of hydrogen-bond donors (Lipinski definition) is 2. The van der Waals surface area contributed by atoms with Crippen molar-refractivity contribution in [3.05, 3.63) is 35.8 Å². The first-order valence-electron chi connectivity index (χ1n) is 5.67. The number of H-pyrrole nitrogens is 1. The standard InChI is InChI=1S/C13H10N6/c1-7-17-10-3-2-8(4-11(10)18-7)13-16-6-9(5-14)12(15)19-13/h2-4,6H,1H3,(H,17,18)(H2,15,16,19). The van der Waals surface area contributed by atoms with Gasteiger partial charge >= 0.3 is 0 Å². The zero-order chi connectivity index (χ0) is 13.4. The lowest BCUT2D eigenvalue weighted by Gasteiger charge is -2.02. The monoisotopic (exact) mass is 250 g/mol. The fourth-order valence-electron chi connectivity index (χ4n) is 1.90. The lowest BCUT2D eigenvalue weighted by atomic mass is 10.2. The number of rotatable bonds is 1. The Hall–Kier alpha value is -2.94. The van der Waals surface area contributed by atoms with E-state index in [0.29, 0.717) is 5.82 Å². The minimum atomic E-state index is 0.188. The fraction of sp³-hybridized carbons (Fsp3) is 0.0769. The number of aryl methyl sites for hydroxylation is 1. The molecule has 92 valence electrons. The van der Waals surface area contributed by atoms with Crippen molar-refractivity contribution in [2.75, 3.05) is 5.73 Å². The molecular weight excluding hydrogens is 240 g/mol. The molecular formula is C13H10N6. The highest BCUT2D eigenvalue weighted by Gasteiger charge is 2.07. The van der Waals surface area contributed by atoms with Crippen molar-refractivity contribution in [2.24, 2.45) is 0 Å². The van der Waals surface area contributed by atoms with Gasteiger partial charge in [-0.3, -0.25) is 0 Å². The minimum Gasteiger partial charge on any atom is -0.382 e. The van der Waals surface area contributed by atoms with Crippen LogP contribution in [0, 0.1) is 18.3 Å². The molecule has 19 heavy (non-hydrogen) atoms. The van der Waals surface area contributed by atoms with Gasteiger partial charge in [-0.15, -0.1) is 0 Å². The number of benzene rings is 1. The number of nitrogens with zero attached hydrogens (tertiary/aromatic N) is 4. The van der Waals surface area contributed by atoms with Gasteiger partial charge < -0.3 is 10.7 Å². The molecule has 0 radical (unpaired) electrons. The molecule has 2 aromatic heterocycles. The zero-order valence-electron chi connectivity index (χ0n) is 10.2. The molecule has 0 aliphatic rings. The van der Waals surface area contributed by atoms with Crippen molar-refractivity contribution in [1.29, 1.82) is 5.26 Å². The average Bonchev–Trinajstić information content (AvgIpc) is 2.77. The molecule has 0 aliphatic heterocycles. The normalized spacial score (nSPS) is 10.5. The highest BCUT2D eigenvalue weighted by molar-refractivity contribution is 5.80. The minimum absolute atomic E-state index is 0.188. The van der Waals surface area contributed by atoms with Crippen LogP contribution in [0.1, 0.15) is 11.4 Å². The van der Waals surface area contributed by atoms with Crippen LogP contribution >= 0.6 is 0 Å². The van der Waals surface area contributed by atoms with Crippen molar-refractivity contribution in [3.63, 3.8) is 0 Å². The molecule has 0 saturated heterocycles. The summed E-state index contributed by atoms with van der Waals surface area (Å²) < 4.78 is 0. The molecule has 0 spiro atoms. The largest absolute Gasteiger partial charge is 0.382 e. The van der Waals surface area contributed by atoms with E-state index in [0.717, 1.165) is 22.4 Å². The predicted molar refractivity (Wildman–Crippen MR) is 71.0 cm³/mol. The lowest BCUT2D eigenvalue weighted by molar-refractivity contribution is 1.17. The smallest absolute Gasteiger partial charge is 0.161 e. The van der Waals surface area contributed by atoms with Gasteiger partial charge in [0, 0.05) is 5.56 Å². The van der Waals surface area contributed by atoms with Crippen LogP contribution in [0.25, 0.3) is 22.4 Å². The number of nitrogen functional groups attached to an aromatic ring is 1. The van der Waals surface area contributed by atoms with Gasteiger partial charge in [0.15, 0.2) is 5.82 Å². The van der Waals surface area contributed by atoms with Gasteiger partial charge in [0.2, 0.25) is 0 Å². The molecule has 3 rings (SSSR count). The highest BCUT2D eigenvalue weighted by atomic mass is 14.9. The summed E-state index contributed by atoms with van der Waals surface area (Å²) in [5, 5.41) is 8.80. The van der Waals surface area contributed by atoms with Crippen LogP contribution in [-0.2, 0) is 0 Å². The first kappa shape index (κ1) is 11.2. The second-order valence-corrected chi connectivity index (χ2v) is 4.16. The number of fused-ring (bicyclic) bond motifs is 1. The van der Waals surface area contributed by atoms with Gasteiger partial charge in [-0.2, -0.15) is 5.26 Å². The predicted octanol–water partition coefficient (Wildman–Crippen LogP) is 1.78. The Morgan fingerprint density at radius 2 is 2.16 bits per heavy atom. The van der Waals surface area contributed by atoms with Crippen molar-refractivity contribution >= 4 is 16.9 Å². The molecule has 0 fully saturated rings. The second-order valence-electron chi connectivity index (χ2n) is 4.16. The fourth-order valence-corrected chi connectivity index (χ4v) is 1.90. The SMILES string of the molecule is Cc1nc2ccc(-c3ncc(C#N)c(N)n3)cc2[nH]1. The van der Waals surface area contributed by atoms with E-state index in [1.807, 2.05) is 31.2 Å². The van der Waals surface area contributed by atoms with Gasteiger partial charge in [-0.1, -0.05) is 0 Å². The number of nitrogens with two attached hydrogens (primary N) is 1. The second kappa shape index (κ2) is 4.07. The Morgan fingerprint density at radius 1 is 1.32 bits per heavy atom. The molecule has 0 saturated carbocycles. The van der Waals surface area contributed by atoms with Crippen LogP contribution < -0.4 is 5.73 Å². The quantitative estimate of drug-likeness (QED) is 0.685. The molecule has 0 bridgehead atoms. The summed E-state index contributed by atoms with van der Waals surface area (Å²) in [6.45, 7) is 1.90. The summed E-state index contributed by atoms with van der Waals surface area (Å²) in [6.07, 6.45) is 1.43. The summed E-state index contributed by atoms with van der Waals surface area (Å²) in [6, 6.07) is 7.63. The number of anilines is 1. The average molecular weight is 250 g/mol. The Morgan fingerprint density at radius 3 is 2.89 bits per heavy atom. The summed E-state index contributed by atoms with van der Waals surface area (Å²) in [5.74, 6) is 1.53. The number of nitriles is 1. The molecule has 0 unspecified atom stereocenters. The van der Waals surface area contributed by atoms with E-state index < -0.39 is 0 Å². The Kier molecular flexibility index (Phi) is 2.39. The maximum Gasteiger partial charge on any atom is 0.161 e. The van der Waals surface area contributed by atoms with E-state index in [9.17, 15) is 0 Å². The maximum atomic E-state index is 8.80. The molecule has 3 aromatic rings. The van der Waals surface area contributed by atoms with Crippen molar-refractivity contribution in [3.8, 4) is 17.5 Å². The Bertz CT molecular complexity index is 812. The number of nitrogens with one attached hydrogen (secondary N) is 1. The Labute approximate surface area is 109 Å². The Balaban J connectivity index is 2.13. The van der Waals surface area contributed by atoms with E-state index in [2.05, 4.69) is 19.9 Å². The van der Waals surface area contributed by atoms with Gasteiger partial charge in [-0.05, 0) is 25.1 Å². The molecule has 0 aliphatic carbocycles. The van der Waals surface area contributed by atoms with E-state index in [4.69, 9.17) is 11.0 Å². The van der Waals surface area contributed by atoms with Crippen LogP contribution in [0.5, 0.6) is 0 Å². The molecule has 0 atom stereocenters. The molecule has 2 heterocycles. The number of imidazole rings is 1. The number of aromatic amines is 1. The molecule has 0 amide bonds. The van der Waals surface area contributed by atoms with Gasteiger partial charge in [0.1, 0.15) is 23.3 Å². The first-order chi connectivity index (χ1) is 9.17. The van der Waals surface area contributed by atoms with Crippen molar-refractivity contribution in [2.45, 2.75) is 6.92 Å². The summed E-state index contributed by atoms with van der Waals surface area (Å²) in [7, 11) is 0. The number of aromatic nitrogens is 4. The molecule has 6 nitrogen and oxygen atoms in total. The maximum absolute atomic E-state index is 8.80.